The Balaban J connectivity index is 2.51. The molecular formula is C11H11FN2O. The Hall–Kier alpha value is -1.84. The lowest BCUT2D eigenvalue weighted by Crippen LogP contribution is -1.94. The van der Waals surface area contributed by atoms with Gasteiger partial charge in [0.1, 0.15) is 0 Å². The van der Waals surface area contributed by atoms with Gasteiger partial charge in [0.2, 0.25) is 0 Å². The zero-order valence-electron chi connectivity index (χ0n) is 8.57. The molecule has 1 heterocycles. The molecule has 0 saturated heterocycles. The fourth-order valence-electron chi connectivity index (χ4n) is 1.48. The number of hydrogen-bond donors (Lipinski definition) is 0. The topological polar surface area (TPSA) is 27.1 Å². The van der Waals surface area contributed by atoms with Crippen molar-refractivity contribution in [3.63, 3.8) is 0 Å². The number of hydrogen-bond acceptors (Lipinski definition) is 2. The van der Waals surface area contributed by atoms with Gasteiger partial charge in [-0.15, -0.1) is 0 Å². The minimum Gasteiger partial charge on any atom is -0.494 e. The van der Waals surface area contributed by atoms with Gasteiger partial charge >= 0.3 is 0 Å². The van der Waals surface area contributed by atoms with E-state index >= 15 is 0 Å². The molecule has 1 aromatic carbocycles. The fraction of sp³-hybridized carbons (Fsp3) is 0.182. The number of methoxy groups -OCH3 is 1. The molecule has 4 heteroatoms. The molecule has 0 radical (unpaired) electrons. The number of ether oxygens (including phenoxy) is 1. The monoisotopic (exact) mass is 206 g/mol. The predicted molar refractivity (Wildman–Crippen MR) is 55.2 cm³/mol. The molecule has 3 nitrogen and oxygen atoms in total. The summed E-state index contributed by atoms with van der Waals surface area (Å²) in [4.78, 5) is 0. The Kier molecular flexibility index (Phi) is 2.41. The lowest BCUT2D eigenvalue weighted by atomic mass is 10.1. The van der Waals surface area contributed by atoms with E-state index < -0.39 is 0 Å². The molecule has 2 rings (SSSR count). The van der Waals surface area contributed by atoms with E-state index in [2.05, 4.69) is 5.10 Å². The van der Waals surface area contributed by atoms with Crippen LogP contribution in [0.25, 0.3) is 11.3 Å². The molecule has 0 aliphatic carbocycles. The first-order valence-corrected chi connectivity index (χ1v) is 4.54. The van der Waals surface area contributed by atoms with Gasteiger partial charge in [-0.1, -0.05) is 0 Å². The number of aromatic nitrogens is 2. The normalized spacial score (nSPS) is 10.3. The summed E-state index contributed by atoms with van der Waals surface area (Å²) in [6.07, 6.45) is 1.70. The SMILES string of the molecule is COc1cc(-c2ccnn2C)ccc1F. The number of rotatable bonds is 2. The number of halogens is 1. The van der Waals surface area contributed by atoms with Gasteiger partial charge in [-0.3, -0.25) is 4.68 Å². The third kappa shape index (κ3) is 1.70. The Morgan fingerprint density at radius 1 is 1.33 bits per heavy atom. The summed E-state index contributed by atoms with van der Waals surface area (Å²) in [7, 11) is 3.29. The van der Waals surface area contributed by atoms with Crippen LogP contribution in [0.15, 0.2) is 30.5 Å². The molecule has 0 saturated carbocycles. The van der Waals surface area contributed by atoms with Crippen molar-refractivity contribution in [1.29, 1.82) is 0 Å². The summed E-state index contributed by atoms with van der Waals surface area (Å²) in [6.45, 7) is 0. The van der Waals surface area contributed by atoms with E-state index in [1.165, 1.54) is 13.2 Å². The molecule has 0 N–H and O–H groups in total. The molecule has 0 bridgehead atoms. The minimum absolute atomic E-state index is 0.244. The maximum absolute atomic E-state index is 13.2. The lowest BCUT2D eigenvalue weighted by molar-refractivity contribution is 0.386. The van der Waals surface area contributed by atoms with E-state index in [1.54, 1.807) is 23.0 Å². The molecule has 2 aromatic rings. The largest absolute Gasteiger partial charge is 0.494 e. The van der Waals surface area contributed by atoms with E-state index in [9.17, 15) is 4.39 Å². The van der Waals surface area contributed by atoms with Gasteiger partial charge < -0.3 is 4.74 Å². The van der Waals surface area contributed by atoms with Crippen molar-refractivity contribution in [2.75, 3.05) is 7.11 Å². The maximum atomic E-state index is 13.2. The fourth-order valence-corrected chi connectivity index (χ4v) is 1.48. The summed E-state index contributed by atoms with van der Waals surface area (Å²) >= 11 is 0. The summed E-state index contributed by atoms with van der Waals surface area (Å²) in [5.41, 5.74) is 1.81. The van der Waals surface area contributed by atoms with Crippen molar-refractivity contribution in [3.05, 3.63) is 36.3 Å². The number of benzene rings is 1. The summed E-state index contributed by atoms with van der Waals surface area (Å²) in [6, 6.07) is 6.62. The van der Waals surface area contributed by atoms with Gasteiger partial charge in [-0.2, -0.15) is 5.10 Å². The zero-order chi connectivity index (χ0) is 10.8. The van der Waals surface area contributed by atoms with Crippen molar-refractivity contribution < 1.29 is 9.13 Å². The van der Waals surface area contributed by atoms with Crippen LogP contribution in [-0.4, -0.2) is 16.9 Å². The van der Waals surface area contributed by atoms with Crippen molar-refractivity contribution in [2.45, 2.75) is 0 Å². The highest BCUT2D eigenvalue weighted by Crippen LogP contribution is 2.25. The third-order valence-electron chi connectivity index (χ3n) is 2.27. The molecule has 0 fully saturated rings. The molecule has 0 spiro atoms. The molecule has 15 heavy (non-hydrogen) atoms. The maximum Gasteiger partial charge on any atom is 0.165 e. The highest BCUT2D eigenvalue weighted by Gasteiger charge is 2.07. The minimum atomic E-state index is -0.358. The predicted octanol–water partition coefficient (Wildman–Crippen LogP) is 2.23. The highest BCUT2D eigenvalue weighted by atomic mass is 19.1. The summed E-state index contributed by atoms with van der Waals surface area (Å²) < 4.78 is 19.8. The van der Waals surface area contributed by atoms with E-state index in [-0.39, 0.29) is 11.6 Å². The van der Waals surface area contributed by atoms with Gasteiger partial charge in [-0.05, 0) is 24.3 Å². The average molecular weight is 206 g/mol. The van der Waals surface area contributed by atoms with Crippen LogP contribution in [0.4, 0.5) is 4.39 Å². The van der Waals surface area contributed by atoms with Crippen molar-refractivity contribution in [1.82, 2.24) is 9.78 Å². The van der Waals surface area contributed by atoms with Crippen LogP contribution < -0.4 is 4.74 Å². The third-order valence-corrected chi connectivity index (χ3v) is 2.27. The Morgan fingerprint density at radius 3 is 2.73 bits per heavy atom. The average Bonchev–Trinajstić information content (AvgIpc) is 2.65. The molecule has 0 atom stereocenters. The molecule has 0 aliphatic heterocycles. The van der Waals surface area contributed by atoms with Crippen LogP contribution in [0.2, 0.25) is 0 Å². The van der Waals surface area contributed by atoms with Crippen molar-refractivity contribution in [3.8, 4) is 17.0 Å². The molecular weight excluding hydrogens is 195 g/mol. The summed E-state index contributed by atoms with van der Waals surface area (Å²) in [5.74, 6) is -0.114. The van der Waals surface area contributed by atoms with Crippen LogP contribution in [0.3, 0.4) is 0 Å². The van der Waals surface area contributed by atoms with Crippen LogP contribution in [0, 0.1) is 5.82 Å². The smallest absolute Gasteiger partial charge is 0.165 e. The second kappa shape index (κ2) is 3.73. The van der Waals surface area contributed by atoms with Crippen LogP contribution in [0.5, 0.6) is 5.75 Å². The molecule has 1 aromatic heterocycles. The van der Waals surface area contributed by atoms with Gasteiger partial charge in [0.15, 0.2) is 11.6 Å². The molecule has 0 amide bonds. The standard InChI is InChI=1S/C11H11FN2O/c1-14-10(5-6-13-14)8-3-4-9(12)11(7-8)15-2/h3-7H,1-2H3. The second-order valence-corrected chi connectivity index (χ2v) is 3.19. The molecule has 0 unspecified atom stereocenters. The van der Waals surface area contributed by atoms with E-state index in [0.717, 1.165) is 11.3 Å². The Morgan fingerprint density at radius 2 is 2.13 bits per heavy atom. The van der Waals surface area contributed by atoms with Gasteiger partial charge in [0.25, 0.3) is 0 Å². The summed E-state index contributed by atoms with van der Waals surface area (Å²) in [5, 5.41) is 4.05. The first-order valence-electron chi connectivity index (χ1n) is 4.54. The molecule has 0 aliphatic rings. The second-order valence-electron chi connectivity index (χ2n) is 3.19. The first-order chi connectivity index (χ1) is 7.22. The first kappa shape index (κ1) is 9.71. The van der Waals surface area contributed by atoms with E-state index in [4.69, 9.17) is 4.74 Å². The van der Waals surface area contributed by atoms with Crippen LogP contribution >= 0.6 is 0 Å². The van der Waals surface area contributed by atoms with Crippen LogP contribution in [0.1, 0.15) is 0 Å². The van der Waals surface area contributed by atoms with Crippen molar-refractivity contribution in [2.24, 2.45) is 7.05 Å². The highest BCUT2D eigenvalue weighted by molar-refractivity contribution is 5.61. The zero-order valence-corrected chi connectivity index (χ0v) is 8.57. The van der Waals surface area contributed by atoms with Gasteiger partial charge in [-0.25, -0.2) is 4.39 Å². The Labute approximate surface area is 87.1 Å². The lowest BCUT2D eigenvalue weighted by Gasteiger charge is -2.05. The van der Waals surface area contributed by atoms with E-state index in [1.807, 2.05) is 13.1 Å². The van der Waals surface area contributed by atoms with Gasteiger partial charge in [0.05, 0.1) is 12.8 Å². The van der Waals surface area contributed by atoms with E-state index in [0.29, 0.717) is 0 Å². The van der Waals surface area contributed by atoms with Gasteiger partial charge in [0, 0.05) is 18.8 Å². The molecule has 78 valence electrons. The van der Waals surface area contributed by atoms with Crippen LogP contribution in [-0.2, 0) is 7.05 Å². The van der Waals surface area contributed by atoms with Crippen molar-refractivity contribution >= 4 is 0 Å². The number of nitrogens with zero attached hydrogens (tertiary/aromatic N) is 2. The quantitative estimate of drug-likeness (QED) is 0.753. The Bertz CT molecular complexity index is 479. The number of aryl methyl sites for hydroxylation is 1.